The van der Waals surface area contributed by atoms with E-state index in [2.05, 4.69) is 65.3 Å². The predicted octanol–water partition coefficient (Wildman–Crippen LogP) is 3.71. The minimum Gasteiger partial charge on any atom is -0.308 e. The molecule has 0 unspecified atom stereocenters. The van der Waals surface area contributed by atoms with Crippen LogP contribution in [-0.4, -0.2) is 4.98 Å². The van der Waals surface area contributed by atoms with Crippen LogP contribution >= 0.6 is 15.9 Å². The van der Waals surface area contributed by atoms with Gasteiger partial charge in [0.05, 0.1) is 5.52 Å². The molecule has 1 aromatic heterocycles. The molecular weight excluding hydrogens is 278 g/mol. The Kier molecular flexibility index (Phi) is 3.35. The molecule has 1 heterocycles. The van der Waals surface area contributed by atoms with Gasteiger partial charge in [-0.25, -0.2) is 10.8 Å². The Morgan fingerprint density at radius 1 is 1.35 bits per heavy atom. The number of nitrogen functional groups attached to an aromatic ring is 1. The molecule has 3 nitrogen and oxygen atoms in total. The van der Waals surface area contributed by atoms with Gasteiger partial charge < -0.3 is 5.43 Å². The Morgan fingerprint density at radius 2 is 2.06 bits per heavy atom. The van der Waals surface area contributed by atoms with Crippen LogP contribution < -0.4 is 11.3 Å². The van der Waals surface area contributed by atoms with E-state index in [1.54, 1.807) is 0 Å². The Morgan fingerprint density at radius 3 is 2.65 bits per heavy atom. The quantitative estimate of drug-likeness (QED) is 0.655. The second kappa shape index (κ2) is 4.63. The lowest BCUT2D eigenvalue weighted by atomic mass is 10.0. The molecule has 2 rings (SSSR count). The normalized spacial score (nSPS) is 11.2. The molecule has 3 N–H and O–H groups in total. The van der Waals surface area contributed by atoms with Crippen molar-refractivity contribution in [2.24, 2.45) is 5.84 Å². The van der Waals surface area contributed by atoms with Crippen LogP contribution in [0.3, 0.4) is 0 Å². The lowest BCUT2D eigenvalue weighted by Gasteiger charge is -2.14. The molecule has 0 bridgehead atoms. The molecule has 0 atom stereocenters. The Hall–Kier alpha value is -1.13. The first kappa shape index (κ1) is 12.3. The van der Waals surface area contributed by atoms with Crippen molar-refractivity contribution in [3.63, 3.8) is 0 Å². The van der Waals surface area contributed by atoms with Crippen molar-refractivity contribution in [3.8, 4) is 0 Å². The molecule has 0 fully saturated rings. The molecule has 17 heavy (non-hydrogen) atoms. The largest absolute Gasteiger partial charge is 0.308 e. The van der Waals surface area contributed by atoms with Crippen LogP contribution in [0.5, 0.6) is 0 Å². The summed E-state index contributed by atoms with van der Waals surface area (Å²) in [6.07, 6.45) is 0. The topological polar surface area (TPSA) is 50.9 Å². The zero-order valence-corrected chi connectivity index (χ0v) is 11.8. The lowest BCUT2D eigenvalue weighted by Crippen LogP contribution is -2.12. The second-order valence-corrected chi connectivity index (χ2v) is 5.29. The van der Waals surface area contributed by atoms with Crippen molar-refractivity contribution in [1.82, 2.24) is 4.98 Å². The number of aromatic nitrogens is 1. The van der Waals surface area contributed by atoms with Crippen LogP contribution in [0.1, 0.15) is 30.9 Å². The number of benzene rings is 1. The van der Waals surface area contributed by atoms with E-state index in [1.165, 1.54) is 5.56 Å². The number of pyridine rings is 1. The predicted molar refractivity (Wildman–Crippen MR) is 76.1 cm³/mol. The number of halogens is 1. The first-order valence-electron chi connectivity index (χ1n) is 5.61. The van der Waals surface area contributed by atoms with Gasteiger partial charge in [-0.3, -0.25) is 0 Å². The van der Waals surface area contributed by atoms with Gasteiger partial charge in [0, 0.05) is 9.86 Å². The number of hydrazine groups is 1. The fourth-order valence-corrected chi connectivity index (χ4v) is 2.33. The van der Waals surface area contributed by atoms with Crippen LogP contribution in [0.4, 0.5) is 5.82 Å². The van der Waals surface area contributed by atoms with Gasteiger partial charge in [-0.05, 0) is 46.0 Å². The van der Waals surface area contributed by atoms with E-state index < -0.39 is 0 Å². The highest BCUT2D eigenvalue weighted by Gasteiger charge is 2.11. The monoisotopic (exact) mass is 293 g/mol. The first-order chi connectivity index (χ1) is 8.04. The van der Waals surface area contributed by atoms with Gasteiger partial charge >= 0.3 is 0 Å². The molecule has 0 spiro atoms. The number of nitrogens with two attached hydrogens (primary N) is 1. The van der Waals surface area contributed by atoms with Crippen LogP contribution in [0.25, 0.3) is 10.9 Å². The third kappa shape index (κ3) is 2.15. The van der Waals surface area contributed by atoms with Gasteiger partial charge in [0.15, 0.2) is 0 Å². The summed E-state index contributed by atoms with van der Waals surface area (Å²) in [5.41, 5.74) is 5.94. The highest BCUT2D eigenvalue weighted by atomic mass is 79.9. The lowest BCUT2D eigenvalue weighted by molar-refractivity contribution is 0.862. The van der Waals surface area contributed by atoms with Crippen LogP contribution in [-0.2, 0) is 0 Å². The minimum atomic E-state index is 0.387. The van der Waals surface area contributed by atoms with E-state index in [4.69, 9.17) is 5.84 Å². The number of nitrogens with one attached hydrogen (secondary N) is 1. The van der Waals surface area contributed by atoms with Gasteiger partial charge in [0.1, 0.15) is 5.82 Å². The molecule has 0 radical (unpaired) electrons. The van der Waals surface area contributed by atoms with E-state index in [0.717, 1.165) is 26.8 Å². The summed E-state index contributed by atoms with van der Waals surface area (Å²) in [5.74, 6) is 6.68. The standard InChI is InChI=1S/C13H16BrN3/c1-7(2)10-6-9-5-4-8(3)11(14)12(9)16-13(10)17-15/h4-7H,15H2,1-3H3,(H,16,17). The first-order valence-corrected chi connectivity index (χ1v) is 6.40. The number of hydrogen-bond acceptors (Lipinski definition) is 3. The third-order valence-corrected chi connectivity index (χ3v) is 3.91. The van der Waals surface area contributed by atoms with Crippen molar-refractivity contribution in [3.05, 3.63) is 33.8 Å². The minimum absolute atomic E-state index is 0.387. The van der Waals surface area contributed by atoms with Crippen LogP contribution in [0.15, 0.2) is 22.7 Å². The summed E-state index contributed by atoms with van der Waals surface area (Å²) in [6.45, 7) is 6.32. The zero-order chi connectivity index (χ0) is 12.6. The number of hydrogen-bond donors (Lipinski definition) is 2. The molecule has 0 aliphatic heterocycles. The highest BCUT2D eigenvalue weighted by Crippen LogP contribution is 2.31. The van der Waals surface area contributed by atoms with Gasteiger partial charge in [-0.15, -0.1) is 0 Å². The second-order valence-electron chi connectivity index (χ2n) is 4.49. The molecular formula is C13H16BrN3. The number of anilines is 1. The molecule has 0 saturated heterocycles. The summed E-state index contributed by atoms with van der Waals surface area (Å²) in [7, 11) is 0. The maximum atomic E-state index is 5.54. The molecule has 1 aromatic carbocycles. The Balaban J connectivity index is 2.78. The summed E-state index contributed by atoms with van der Waals surface area (Å²) in [5, 5.41) is 1.13. The van der Waals surface area contributed by atoms with E-state index in [0.29, 0.717) is 5.92 Å². The molecule has 4 heteroatoms. The van der Waals surface area contributed by atoms with E-state index in [9.17, 15) is 0 Å². The maximum Gasteiger partial charge on any atom is 0.144 e. The van der Waals surface area contributed by atoms with Gasteiger partial charge in [0.25, 0.3) is 0 Å². The smallest absolute Gasteiger partial charge is 0.144 e. The SMILES string of the molecule is Cc1ccc2cc(C(C)C)c(NN)nc2c1Br. The van der Waals surface area contributed by atoms with E-state index in [-0.39, 0.29) is 0 Å². The summed E-state index contributed by atoms with van der Waals surface area (Å²) in [6, 6.07) is 6.33. The van der Waals surface area contributed by atoms with Crippen molar-refractivity contribution >= 4 is 32.7 Å². The number of fused-ring (bicyclic) bond motifs is 1. The molecule has 0 amide bonds. The average molecular weight is 294 g/mol. The van der Waals surface area contributed by atoms with Crippen molar-refractivity contribution in [2.45, 2.75) is 26.7 Å². The van der Waals surface area contributed by atoms with Gasteiger partial charge in [-0.1, -0.05) is 26.0 Å². The van der Waals surface area contributed by atoms with Crippen molar-refractivity contribution in [1.29, 1.82) is 0 Å². The molecule has 90 valence electrons. The van der Waals surface area contributed by atoms with Gasteiger partial charge in [0.2, 0.25) is 0 Å². The summed E-state index contributed by atoms with van der Waals surface area (Å²) >= 11 is 3.57. The molecule has 0 saturated carbocycles. The molecule has 0 aliphatic carbocycles. The third-order valence-electron chi connectivity index (χ3n) is 2.91. The van der Waals surface area contributed by atoms with E-state index >= 15 is 0 Å². The Bertz CT molecular complexity index is 564. The number of nitrogens with zero attached hydrogens (tertiary/aromatic N) is 1. The Labute approximate surface area is 110 Å². The van der Waals surface area contributed by atoms with Crippen LogP contribution in [0.2, 0.25) is 0 Å². The van der Waals surface area contributed by atoms with Crippen molar-refractivity contribution in [2.75, 3.05) is 5.43 Å². The fourth-order valence-electron chi connectivity index (χ4n) is 1.88. The molecule has 2 aromatic rings. The summed E-state index contributed by atoms with van der Waals surface area (Å²) < 4.78 is 1.03. The molecule has 0 aliphatic rings. The average Bonchev–Trinajstić information content (AvgIpc) is 2.32. The zero-order valence-electron chi connectivity index (χ0n) is 10.2. The van der Waals surface area contributed by atoms with E-state index in [1.807, 2.05) is 0 Å². The van der Waals surface area contributed by atoms with Crippen molar-refractivity contribution < 1.29 is 0 Å². The fraction of sp³-hybridized carbons (Fsp3) is 0.308. The van der Waals surface area contributed by atoms with Gasteiger partial charge in [-0.2, -0.15) is 0 Å². The summed E-state index contributed by atoms with van der Waals surface area (Å²) in [4.78, 5) is 4.59. The number of rotatable bonds is 2. The number of aryl methyl sites for hydroxylation is 1. The maximum absolute atomic E-state index is 5.54. The highest BCUT2D eigenvalue weighted by molar-refractivity contribution is 9.10. The van der Waals surface area contributed by atoms with Crippen LogP contribution in [0, 0.1) is 6.92 Å².